The molecule has 0 atom stereocenters. The highest BCUT2D eigenvalue weighted by Crippen LogP contribution is 2.31. The van der Waals surface area contributed by atoms with Crippen LogP contribution in [0.15, 0.2) is 28.7 Å². The normalized spacial score (nSPS) is 14.7. The lowest BCUT2D eigenvalue weighted by Gasteiger charge is -2.20. The quantitative estimate of drug-likeness (QED) is 0.725. The number of aromatic nitrogens is 1. The van der Waals surface area contributed by atoms with E-state index < -0.39 is 0 Å². The van der Waals surface area contributed by atoms with Crippen molar-refractivity contribution in [3.8, 4) is 11.5 Å². The summed E-state index contributed by atoms with van der Waals surface area (Å²) in [4.78, 5) is 7.22. The van der Waals surface area contributed by atoms with Gasteiger partial charge in [0.25, 0.3) is 0 Å². The van der Waals surface area contributed by atoms with Crippen LogP contribution in [0.1, 0.15) is 37.6 Å². The lowest BCUT2D eigenvalue weighted by atomic mass is 10.2. The third-order valence-electron chi connectivity index (χ3n) is 4.11. The lowest BCUT2D eigenvalue weighted by molar-refractivity contribution is 0.251. The minimum absolute atomic E-state index is 0.687. The fourth-order valence-electron chi connectivity index (χ4n) is 2.72. The summed E-state index contributed by atoms with van der Waals surface area (Å²) in [7, 11) is 0. The molecule has 0 saturated heterocycles. The molecule has 0 aliphatic heterocycles. The van der Waals surface area contributed by atoms with E-state index in [9.17, 15) is 0 Å². The van der Waals surface area contributed by atoms with Crippen LogP contribution in [-0.2, 0) is 6.54 Å². The molecule has 118 valence electrons. The monoisotopic (exact) mass is 318 g/mol. The first-order valence-corrected chi connectivity index (χ1v) is 8.48. The van der Waals surface area contributed by atoms with Gasteiger partial charge in [-0.15, -0.1) is 0 Å². The second-order valence-electron chi connectivity index (χ2n) is 6.21. The molecule has 1 saturated carbocycles. The van der Waals surface area contributed by atoms with E-state index in [-0.39, 0.29) is 0 Å². The largest absolute Gasteiger partial charge is 0.441 e. The van der Waals surface area contributed by atoms with Crippen molar-refractivity contribution >= 4 is 11.6 Å². The molecule has 1 heterocycles. The molecule has 22 heavy (non-hydrogen) atoms. The van der Waals surface area contributed by atoms with E-state index in [1.807, 2.05) is 31.2 Å². The summed E-state index contributed by atoms with van der Waals surface area (Å²) in [6.45, 7) is 7.43. The van der Waals surface area contributed by atoms with E-state index in [1.54, 1.807) is 0 Å². The average molecular weight is 319 g/mol. The van der Waals surface area contributed by atoms with Gasteiger partial charge in [-0.25, -0.2) is 4.98 Å². The molecule has 0 radical (unpaired) electrons. The van der Waals surface area contributed by atoms with Gasteiger partial charge in [0.15, 0.2) is 0 Å². The molecule has 1 aromatic carbocycles. The van der Waals surface area contributed by atoms with E-state index in [0.717, 1.165) is 41.0 Å². The fraction of sp³-hybridized carbons (Fsp3) is 0.500. The Morgan fingerprint density at radius 3 is 2.64 bits per heavy atom. The van der Waals surface area contributed by atoms with Crippen LogP contribution in [0, 0.1) is 12.8 Å². The number of hydrogen-bond donors (Lipinski definition) is 0. The number of oxazole rings is 1. The van der Waals surface area contributed by atoms with Gasteiger partial charge in [-0.1, -0.05) is 18.5 Å². The van der Waals surface area contributed by atoms with Gasteiger partial charge in [0.05, 0.1) is 5.69 Å². The van der Waals surface area contributed by atoms with Crippen molar-refractivity contribution in [3.63, 3.8) is 0 Å². The predicted molar refractivity (Wildman–Crippen MR) is 90.0 cm³/mol. The molecular weight excluding hydrogens is 296 g/mol. The second-order valence-corrected chi connectivity index (χ2v) is 6.64. The van der Waals surface area contributed by atoms with Crippen LogP contribution in [0.5, 0.6) is 0 Å². The number of benzene rings is 1. The molecule has 0 N–H and O–H groups in total. The third kappa shape index (κ3) is 3.90. The SMILES string of the molecule is CCCN(Cc1nc(-c2ccc(Cl)cc2)oc1C)CC1CC1. The van der Waals surface area contributed by atoms with Crippen LogP contribution in [0.25, 0.3) is 11.5 Å². The summed E-state index contributed by atoms with van der Waals surface area (Å²) in [5, 5.41) is 0.728. The van der Waals surface area contributed by atoms with Crippen LogP contribution in [0.4, 0.5) is 0 Å². The van der Waals surface area contributed by atoms with Crippen LogP contribution < -0.4 is 0 Å². The van der Waals surface area contributed by atoms with E-state index in [1.165, 1.54) is 25.8 Å². The van der Waals surface area contributed by atoms with Crippen molar-refractivity contribution in [1.29, 1.82) is 0 Å². The number of halogens is 1. The second kappa shape index (κ2) is 6.84. The molecule has 0 bridgehead atoms. The van der Waals surface area contributed by atoms with Crippen molar-refractivity contribution in [2.45, 2.75) is 39.7 Å². The standard InChI is InChI=1S/C18H23ClN2O/c1-3-10-21(11-14-4-5-14)12-17-13(2)22-18(20-17)15-6-8-16(19)9-7-15/h6-9,14H,3-5,10-12H2,1-2H3. The van der Waals surface area contributed by atoms with Crippen molar-refractivity contribution in [1.82, 2.24) is 9.88 Å². The van der Waals surface area contributed by atoms with Crippen LogP contribution >= 0.6 is 11.6 Å². The molecule has 0 amide bonds. The first-order valence-electron chi connectivity index (χ1n) is 8.10. The Bertz CT molecular complexity index is 617. The van der Waals surface area contributed by atoms with Crippen molar-refractivity contribution < 1.29 is 4.42 Å². The summed E-state index contributed by atoms with van der Waals surface area (Å²) in [5.41, 5.74) is 2.03. The van der Waals surface area contributed by atoms with E-state index in [2.05, 4.69) is 11.8 Å². The molecule has 1 aliphatic rings. The molecular formula is C18H23ClN2O. The molecule has 3 nitrogen and oxygen atoms in total. The summed E-state index contributed by atoms with van der Waals surface area (Å²) in [6.07, 6.45) is 3.94. The van der Waals surface area contributed by atoms with E-state index >= 15 is 0 Å². The minimum Gasteiger partial charge on any atom is -0.441 e. The fourth-order valence-corrected chi connectivity index (χ4v) is 2.85. The molecule has 1 aromatic heterocycles. The Labute approximate surface area is 137 Å². The Morgan fingerprint density at radius 1 is 1.27 bits per heavy atom. The van der Waals surface area contributed by atoms with Crippen LogP contribution in [0.3, 0.4) is 0 Å². The summed E-state index contributed by atoms with van der Waals surface area (Å²) in [6, 6.07) is 7.63. The number of rotatable bonds is 7. The number of nitrogens with zero attached hydrogens (tertiary/aromatic N) is 2. The maximum atomic E-state index is 5.94. The predicted octanol–water partition coefficient (Wildman–Crippen LogP) is 4.93. The molecule has 0 spiro atoms. The first kappa shape index (κ1) is 15.6. The highest BCUT2D eigenvalue weighted by molar-refractivity contribution is 6.30. The average Bonchev–Trinajstić information content (AvgIpc) is 3.23. The lowest BCUT2D eigenvalue weighted by Crippen LogP contribution is -2.26. The zero-order chi connectivity index (χ0) is 15.5. The topological polar surface area (TPSA) is 29.3 Å². The Kier molecular flexibility index (Phi) is 4.84. The van der Waals surface area contributed by atoms with Gasteiger partial charge >= 0.3 is 0 Å². The van der Waals surface area contributed by atoms with Gasteiger partial charge in [0.2, 0.25) is 5.89 Å². The molecule has 1 fully saturated rings. The maximum Gasteiger partial charge on any atom is 0.226 e. The molecule has 3 rings (SSSR count). The van der Waals surface area contributed by atoms with Crippen molar-refractivity contribution in [2.75, 3.05) is 13.1 Å². The smallest absolute Gasteiger partial charge is 0.226 e. The maximum absolute atomic E-state index is 5.94. The molecule has 0 unspecified atom stereocenters. The van der Waals surface area contributed by atoms with Crippen LogP contribution in [-0.4, -0.2) is 23.0 Å². The van der Waals surface area contributed by atoms with Gasteiger partial charge in [-0.2, -0.15) is 0 Å². The Hall–Kier alpha value is -1.32. The van der Waals surface area contributed by atoms with Gasteiger partial charge in [-0.05, 0) is 62.9 Å². The molecule has 4 heteroatoms. The van der Waals surface area contributed by atoms with Gasteiger partial charge < -0.3 is 4.42 Å². The third-order valence-corrected chi connectivity index (χ3v) is 4.36. The number of aryl methyl sites for hydroxylation is 1. The van der Waals surface area contributed by atoms with Crippen LogP contribution in [0.2, 0.25) is 5.02 Å². The summed E-state index contributed by atoms with van der Waals surface area (Å²) >= 11 is 5.94. The van der Waals surface area contributed by atoms with E-state index in [0.29, 0.717) is 5.89 Å². The number of hydrogen-bond acceptors (Lipinski definition) is 3. The van der Waals surface area contributed by atoms with Crippen molar-refractivity contribution in [3.05, 3.63) is 40.7 Å². The zero-order valence-electron chi connectivity index (χ0n) is 13.3. The van der Waals surface area contributed by atoms with E-state index in [4.69, 9.17) is 21.0 Å². The Morgan fingerprint density at radius 2 is 2.00 bits per heavy atom. The van der Waals surface area contributed by atoms with Gasteiger partial charge in [0.1, 0.15) is 5.76 Å². The van der Waals surface area contributed by atoms with Gasteiger partial charge in [0, 0.05) is 23.7 Å². The Balaban J connectivity index is 1.74. The minimum atomic E-state index is 0.687. The summed E-state index contributed by atoms with van der Waals surface area (Å²) in [5.74, 6) is 2.50. The summed E-state index contributed by atoms with van der Waals surface area (Å²) < 4.78 is 5.86. The van der Waals surface area contributed by atoms with Gasteiger partial charge in [-0.3, -0.25) is 4.90 Å². The first-order chi connectivity index (χ1) is 10.7. The zero-order valence-corrected chi connectivity index (χ0v) is 14.1. The molecule has 2 aromatic rings. The van der Waals surface area contributed by atoms with Crippen molar-refractivity contribution in [2.24, 2.45) is 5.92 Å². The highest BCUT2D eigenvalue weighted by Gasteiger charge is 2.25. The highest BCUT2D eigenvalue weighted by atomic mass is 35.5. The molecule has 1 aliphatic carbocycles.